The van der Waals surface area contributed by atoms with Gasteiger partial charge in [-0.3, -0.25) is 9.48 Å². The number of amides is 1. The number of carbonyl (C=O) groups is 1. The van der Waals surface area contributed by atoms with Gasteiger partial charge < -0.3 is 5.32 Å². The molecule has 1 aromatic carbocycles. The summed E-state index contributed by atoms with van der Waals surface area (Å²) in [7, 11) is 1.72. The van der Waals surface area contributed by atoms with Gasteiger partial charge in [0.25, 0.3) is 5.91 Å². The summed E-state index contributed by atoms with van der Waals surface area (Å²) in [5.41, 5.74) is 1.86. The van der Waals surface area contributed by atoms with Crippen LogP contribution < -0.4 is 5.32 Å². The molecule has 1 aromatic heterocycles. The number of hydrogen-bond donors (Lipinski definition) is 1. The van der Waals surface area contributed by atoms with E-state index in [4.69, 9.17) is 23.2 Å². The Kier molecular flexibility index (Phi) is 3.59. The molecule has 18 heavy (non-hydrogen) atoms. The van der Waals surface area contributed by atoms with Crippen LogP contribution in [-0.2, 0) is 7.05 Å². The smallest absolute Gasteiger partial charge is 0.273 e. The van der Waals surface area contributed by atoms with E-state index < -0.39 is 0 Å². The van der Waals surface area contributed by atoms with Crippen molar-refractivity contribution in [2.45, 2.75) is 6.92 Å². The average Bonchev–Trinajstić information content (AvgIpc) is 2.63. The van der Waals surface area contributed by atoms with Crippen LogP contribution in [0.15, 0.2) is 24.3 Å². The van der Waals surface area contributed by atoms with Crippen molar-refractivity contribution < 1.29 is 4.79 Å². The Morgan fingerprint density at radius 2 is 2.00 bits per heavy atom. The second-order valence-electron chi connectivity index (χ2n) is 3.88. The number of aryl methyl sites for hydroxylation is 2. The van der Waals surface area contributed by atoms with Gasteiger partial charge in [-0.05, 0) is 31.2 Å². The first-order valence-corrected chi connectivity index (χ1v) is 6.00. The van der Waals surface area contributed by atoms with Crippen molar-refractivity contribution in [1.29, 1.82) is 0 Å². The van der Waals surface area contributed by atoms with E-state index in [2.05, 4.69) is 10.4 Å². The highest BCUT2D eigenvalue weighted by Crippen LogP contribution is 2.25. The quantitative estimate of drug-likeness (QED) is 0.919. The Labute approximate surface area is 115 Å². The molecule has 0 spiro atoms. The number of rotatable bonds is 2. The summed E-state index contributed by atoms with van der Waals surface area (Å²) in [6, 6.07) is 6.64. The zero-order chi connectivity index (χ0) is 13.3. The third-order valence-electron chi connectivity index (χ3n) is 2.41. The summed E-state index contributed by atoms with van der Waals surface area (Å²) in [5.74, 6) is -0.239. The van der Waals surface area contributed by atoms with E-state index >= 15 is 0 Å². The van der Waals surface area contributed by atoms with Crippen LogP contribution in [0.4, 0.5) is 5.69 Å². The lowest BCUT2D eigenvalue weighted by atomic mass is 10.3. The molecule has 6 heteroatoms. The summed E-state index contributed by atoms with van der Waals surface area (Å²) >= 11 is 11.7. The molecule has 4 nitrogen and oxygen atoms in total. The summed E-state index contributed by atoms with van der Waals surface area (Å²) in [6.45, 7) is 1.83. The molecular formula is C12H11Cl2N3O. The number of halogens is 2. The van der Waals surface area contributed by atoms with Crippen LogP contribution in [0, 0.1) is 6.92 Å². The number of hydrogen-bond acceptors (Lipinski definition) is 2. The first kappa shape index (κ1) is 12.9. The van der Waals surface area contributed by atoms with Crippen LogP contribution in [-0.4, -0.2) is 15.7 Å². The van der Waals surface area contributed by atoms with Gasteiger partial charge in [-0.2, -0.15) is 5.10 Å². The van der Waals surface area contributed by atoms with Crippen LogP contribution in [0.5, 0.6) is 0 Å². The zero-order valence-corrected chi connectivity index (χ0v) is 11.4. The molecule has 0 atom stereocenters. The average molecular weight is 284 g/mol. The van der Waals surface area contributed by atoms with E-state index in [1.165, 1.54) is 4.68 Å². The minimum absolute atomic E-state index is 0.239. The third-order valence-corrected chi connectivity index (χ3v) is 3.15. The fourth-order valence-corrected chi connectivity index (χ4v) is 1.89. The van der Waals surface area contributed by atoms with E-state index in [0.29, 0.717) is 21.4 Å². The molecule has 1 amide bonds. The molecule has 0 aliphatic heterocycles. The summed E-state index contributed by atoms with van der Waals surface area (Å²) in [4.78, 5) is 12.0. The Balaban J connectivity index is 2.21. The first-order valence-electron chi connectivity index (χ1n) is 5.24. The van der Waals surface area contributed by atoms with E-state index in [1.54, 1.807) is 31.3 Å². The fourth-order valence-electron chi connectivity index (χ4n) is 1.59. The highest BCUT2D eigenvalue weighted by Gasteiger charge is 2.12. The molecule has 0 aliphatic carbocycles. The van der Waals surface area contributed by atoms with Crippen LogP contribution in [0.3, 0.4) is 0 Å². The molecule has 0 radical (unpaired) electrons. The van der Waals surface area contributed by atoms with E-state index in [9.17, 15) is 4.79 Å². The fraction of sp³-hybridized carbons (Fsp3) is 0.167. The van der Waals surface area contributed by atoms with Gasteiger partial charge in [-0.1, -0.05) is 23.2 Å². The summed E-state index contributed by atoms with van der Waals surface area (Å²) < 4.78 is 1.53. The molecular weight excluding hydrogens is 273 g/mol. The lowest BCUT2D eigenvalue weighted by Gasteiger charge is -2.06. The highest BCUT2D eigenvalue weighted by atomic mass is 35.5. The molecule has 0 fully saturated rings. The summed E-state index contributed by atoms with van der Waals surface area (Å²) in [5, 5.41) is 7.70. The van der Waals surface area contributed by atoms with Crippen LogP contribution >= 0.6 is 23.2 Å². The Morgan fingerprint density at radius 3 is 2.56 bits per heavy atom. The Bertz CT molecular complexity index is 607. The number of nitrogens with one attached hydrogen (secondary N) is 1. The third kappa shape index (κ3) is 2.66. The minimum atomic E-state index is -0.239. The first-order chi connectivity index (χ1) is 8.47. The van der Waals surface area contributed by atoms with Crippen LogP contribution in [0.25, 0.3) is 0 Å². The molecule has 1 N–H and O–H groups in total. The molecule has 0 unspecified atom stereocenters. The topological polar surface area (TPSA) is 46.9 Å². The van der Waals surface area contributed by atoms with Gasteiger partial charge in [0.1, 0.15) is 5.69 Å². The number of benzene rings is 1. The maximum absolute atomic E-state index is 12.0. The molecule has 0 saturated heterocycles. The monoisotopic (exact) mass is 283 g/mol. The van der Waals surface area contributed by atoms with Crippen LogP contribution in [0.2, 0.25) is 10.0 Å². The second-order valence-corrected chi connectivity index (χ2v) is 4.69. The number of carbonyl (C=O) groups excluding carboxylic acids is 1. The van der Waals surface area contributed by atoms with Crippen LogP contribution in [0.1, 0.15) is 16.2 Å². The summed E-state index contributed by atoms with van der Waals surface area (Å²) in [6.07, 6.45) is 0. The Morgan fingerprint density at radius 1 is 1.28 bits per heavy atom. The molecule has 94 valence electrons. The van der Waals surface area contributed by atoms with Crippen molar-refractivity contribution in [2.24, 2.45) is 7.05 Å². The van der Waals surface area contributed by atoms with Gasteiger partial charge in [0.15, 0.2) is 0 Å². The highest BCUT2D eigenvalue weighted by molar-refractivity contribution is 6.42. The Hall–Kier alpha value is -1.52. The zero-order valence-electron chi connectivity index (χ0n) is 9.87. The van der Waals surface area contributed by atoms with Crippen molar-refractivity contribution >= 4 is 34.8 Å². The second kappa shape index (κ2) is 5.00. The lowest BCUT2D eigenvalue weighted by molar-refractivity contribution is 0.101. The van der Waals surface area contributed by atoms with Crippen molar-refractivity contribution in [2.75, 3.05) is 5.32 Å². The molecule has 1 heterocycles. The van der Waals surface area contributed by atoms with Gasteiger partial charge in [-0.25, -0.2) is 0 Å². The lowest BCUT2D eigenvalue weighted by Crippen LogP contribution is -2.15. The predicted octanol–water partition coefficient (Wildman–Crippen LogP) is 3.29. The number of aromatic nitrogens is 2. The molecule has 0 aliphatic rings. The van der Waals surface area contributed by atoms with E-state index in [1.807, 2.05) is 6.92 Å². The minimum Gasteiger partial charge on any atom is -0.321 e. The number of nitrogens with zero attached hydrogens (tertiary/aromatic N) is 2. The van der Waals surface area contributed by atoms with E-state index in [0.717, 1.165) is 5.69 Å². The van der Waals surface area contributed by atoms with Gasteiger partial charge >= 0.3 is 0 Å². The maximum atomic E-state index is 12.0. The standard InChI is InChI=1S/C12H11Cl2N3O/c1-7-5-11(17(2)16-7)12(18)15-8-3-4-9(13)10(14)6-8/h3-6H,1-2H3,(H,15,18). The van der Waals surface area contributed by atoms with Crippen molar-refractivity contribution in [3.63, 3.8) is 0 Å². The van der Waals surface area contributed by atoms with Crippen molar-refractivity contribution in [3.8, 4) is 0 Å². The van der Waals surface area contributed by atoms with Crippen molar-refractivity contribution in [1.82, 2.24) is 9.78 Å². The largest absolute Gasteiger partial charge is 0.321 e. The maximum Gasteiger partial charge on any atom is 0.273 e. The predicted molar refractivity (Wildman–Crippen MR) is 72.4 cm³/mol. The van der Waals surface area contributed by atoms with Gasteiger partial charge in [0.2, 0.25) is 0 Å². The van der Waals surface area contributed by atoms with Gasteiger partial charge in [0.05, 0.1) is 15.7 Å². The van der Waals surface area contributed by atoms with Gasteiger partial charge in [0, 0.05) is 12.7 Å². The normalized spacial score (nSPS) is 10.4. The molecule has 0 bridgehead atoms. The van der Waals surface area contributed by atoms with Gasteiger partial charge in [-0.15, -0.1) is 0 Å². The molecule has 0 saturated carbocycles. The SMILES string of the molecule is Cc1cc(C(=O)Nc2ccc(Cl)c(Cl)c2)n(C)n1. The van der Waals surface area contributed by atoms with E-state index in [-0.39, 0.29) is 5.91 Å². The molecule has 2 rings (SSSR count). The number of anilines is 1. The van der Waals surface area contributed by atoms with Crippen molar-refractivity contribution in [3.05, 3.63) is 45.7 Å². The molecule has 2 aromatic rings.